The number of hydrogen-bond donors (Lipinski definition) is 0. The smallest absolute Gasteiger partial charge is 0.0410 e. The Morgan fingerprint density at radius 3 is 2.27 bits per heavy atom. The molecule has 1 unspecified atom stereocenters. The molecule has 0 rings (SSSR count). The van der Waals surface area contributed by atoms with Crippen molar-refractivity contribution < 1.29 is 0 Å². The topological polar surface area (TPSA) is 12.4 Å². The third-order valence-corrected chi connectivity index (χ3v) is 2.12. The molecule has 0 aromatic rings. The summed E-state index contributed by atoms with van der Waals surface area (Å²) in [6, 6.07) is 0. The maximum atomic E-state index is 3.93. The second-order valence-electron chi connectivity index (χ2n) is 3.65. The third-order valence-electron chi connectivity index (χ3n) is 2.12. The molecule has 0 aromatic heterocycles. The Morgan fingerprint density at radius 2 is 1.91 bits per heavy atom. The van der Waals surface area contributed by atoms with E-state index in [0.717, 1.165) is 18.4 Å². The van der Waals surface area contributed by atoms with E-state index in [4.69, 9.17) is 0 Å². The first-order valence-electron chi connectivity index (χ1n) is 4.63. The zero-order chi connectivity index (χ0) is 8.69. The van der Waals surface area contributed by atoms with E-state index in [2.05, 4.69) is 32.5 Å². The van der Waals surface area contributed by atoms with Gasteiger partial charge in [0.25, 0.3) is 0 Å². The van der Waals surface area contributed by atoms with Crippen molar-refractivity contribution in [1.29, 1.82) is 0 Å². The van der Waals surface area contributed by atoms with Crippen LogP contribution in [0.15, 0.2) is 4.99 Å². The monoisotopic (exact) mass is 155 g/mol. The molecule has 11 heavy (non-hydrogen) atoms. The number of rotatable bonds is 6. The molecule has 0 amide bonds. The van der Waals surface area contributed by atoms with E-state index in [0.29, 0.717) is 0 Å². The first-order chi connectivity index (χ1) is 5.20. The molecule has 0 fully saturated rings. The summed E-state index contributed by atoms with van der Waals surface area (Å²) >= 11 is 0. The molecule has 1 heteroatoms. The molecular weight excluding hydrogens is 134 g/mol. The van der Waals surface area contributed by atoms with Crippen molar-refractivity contribution in [2.45, 2.75) is 40.0 Å². The van der Waals surface area contributed by atoms with Gasteiger partial charge in [-0.2, -0.15) is 0 Å². The maximum absolute atomic E-state index is 3.93. The van der Waals surface area contributed by atoms with E-state index < -0.39 is 0 Å². The minimum atomic E-state index is 0.773. The van der Waals surface area contributed by atoms with Crippen LogP contribution in [-0.2, 0) is 0 Å². The summed E-state index contributed by atoms with van der Waals surface area (Å²) in [5.74, 6) is 1.60. The lowest BCUT2D eigenvalue weighted by atomic mass is 9.96. The average Bonchev–Trinajstić information content (AvgIpc) is 1.97. The summed E-state index contributed by atoms with van der Waals surface area (Å²) < 4.78 is 0. The second kappa shape index (κ2) is 6.38. The van der Waals surface area contributed by atoms with Crippen molar-refractivity contribution in [3.63, 3.8) is 0 Å². The van der Waals surface area contributed by atoms with Crippen molar-refractivity contribution in [3.05, 3.63) is 0 Å². The predicted molar refractivity (Wildman–Crippen MR) is 52.3 cm³/mol. The summed E-state index contributed by atoms with van der Waals surface area (Å²) in [7, 11) is 0. The van der Waals surface area contributed by atoms with E-state index in [9.17, 15) is 0 Å². The highest BCUT2D eigenvalue weighted by atomic mass is 14.7. The first-order valence-corrected chi connectivity index (χ1v) is 4.63. The van der Waals surface area contributed by atoms with E-state index in [1.54, 1.807) is 0 Å². The Hall–Kier alpha value is -0.330. The van der Waals surface area contributed by atoms with Gasteiger partial charge in [0.2, 0.25) is 0 Å². The van der Waals surface area contributed by atoms with Gasteiger partial charge in [-0.3, -0.25) is 0 Å². The summed E-state index contributed by atoms with van der Waals surface area (Å²) in [6.45, 7) is 11.2. The van der Waals surface area contributed by atoms with Crippen LogP contribution < -0.4 is 0 Å². The van der Waals surface area contributed by atoms with Gasteiger partial charge in [-0.15, -0.1) is 0 Å². The SMILES string of the molecule is C=NCC(CC)CCC(C)C. The zero-order valence-electron chi connectivity index (χ0n) is 8.14. The van der Waals surface area contributed by atoms with Gasteiger partial charge >= 0.3 is 0 Å². The summed E-state index contributed by atoms with van der Waals surface area (Å²) in [6.07, 6.45) is 3.88. The van der Waals surface area contributed by atoms with Crippen LogP contribution in [0, 0.1) is 11.8 Å². The van der Waals surface area contributed by atoms with Crippen molar-refractivity contribution in [3.8, 4) is 0 Å². The molecule has 0 saturated carbocycles. The predicted octanol–water partition coefficient (Wildman–Crippen LogP) is 3.15. The molecule has 0 spiro atoms. The van der Waals surface area contributed by atoms with E-state index in [1.165, 1.54) is 19.3 Å². The van der Waals surface area contributed by atoms with Crippen LogP contribution in [0.3, 0.4) is 0 Å². The van der Waals surface area contributed by atoms with Gasteiger partial charge in [-0.25, -0.2) is 0 Å². The van der Waals surface area contributed by atoms with Crippen LogP contribution in [0.1, 0.15) is 40.0 Å². The van der Waals surface area contributed by atoms with Gasteiger partial charge in [0.05, 0.1) is 0 Å². The Kier molecular flexibility index (Phi) is 6.19. The van der Waals surface area contributed by atoms with Crippen LogP contribution in [0.4, 0.5) is 0 Å². The molecule has 0 bridgehead atoms. The molecule has 1 atom stereocenters. The molecule has 0 saturated heterocycles. The van der Waals surface area contributed by atoms with E-state index in [-0.39, 0.29) is 0 Å². The van der Waals surface area contributed by atoms with Crippen LogP contribution in [0.5, 0.6) is 0 Å². The molecule has 0 radical (unpaired) electrons. The highest BCUT2D eigenvalue weighted by molar-refractivity contribution is 5.23. The fraction of sp³-hybridized carbons (Fsp3) is 0.900. The first kappa shape index (κ1) is 10.7. The molecule has 1 nitrogen and oxygen atoms in total. The molecule has 0 N–H and O–H groups in total. The quantitative estimate of drug-likeness (QED) is 0.522. The minimum absolute atomic E-state index is 0.773. The van der Waals surface area contributed by atoms with Crippen LogP contribution in [0.2, 0.25) is 0 Å². The molecule has 0 aliphatic carbocycles. The lowest BCUT2D eigenvalue weighted by Crippen LogP contribution is -2.04. The average molecular weight is 155 g/mol. The maximum Gasteiger partial charge on any atom is 0.0410 e. The van der Waals surface area contributed by atoms with Crippen molar-refractivity contribution in [2.75, 3.05) is 6.54 Å². The Balaban J connectivity index is 3.43. The van der Waals surface area contributed by atoms with Gasteiger partial charge in [0.15, 0.2) is 0 Å². The highest BCUT2D eigenvalue weighted by Crippen LogP contribution is 2.15. The van der Waals surface area contributed by atoms with E-state index >= 15 is 0 Å². The number of nitrogens with zero attached hydrogens (tertiary/aromatic N) is 1. The molecule has 0 aliphatic rings. The summed E-state index contributed by atoms with van der Waals surface area (Å²) in [5, 5.41) is 0. The standard InChI is InChI=1S/C10H21N/c1-5-10(8-11-4)7-6-9(2)3/h9-10H,4-8H2,1-3H3. The number of aliphatic imine (C=N–C) groups is 1. The van der Waals surface area contributed by atoms with Crippen LogP contribution >= 0.6 is 0 Å². The van der Waals surface area contributed by atoms with Crippen molar-refractivity contribution >= 4 is 6.72 Å². The van der Waals surface area contributed by atoms with Gasteiger partial charge in [0, 0.05) is 6.54 Å². The van der Waals surface area contributed by atoms with Crippen LogP contribution in [0.25, 0.3) is 0 Å². The Morgan fingerprint density at radius 1 is 1.27 bits per heavy atom. The van der Waals surface area contributed by atoms with Gasteiger partial charge < -0.3 is 4.99 Å². The fourth-order valence-corrected chi connectivity index (χ4v) is 1.18. The highest BCUT2D eigenvalue weighted by Gasteiger charge is 2.05. The van der Waals surface area contributed by atoms with Crippen LogP contribution in [-0.4, -0.2) is 13.3 Å². The lowest BCUT2D eigenvalue weighted by Gasteiger charge is -2.12. The minimum Gasteiger partial charge on any atom is -0.301 e. The van der Waals surface area contributed by atoms with E-state index in [1.807, 2.05) is 0 Å². The molecule has 0 aliphatic heterocycles. The largest absolute Gasteiger partial charge is 0.301 e. The Labute approximate surface area is 70.9 Å². The van der Waals surface area contributed by atoms with Gasteiger partial charge in [-0.1, -0.05) is 33.6 Å². The third kappa shape index (κ3) is 6.08. The zero-order valence-corrected chi connectivity index (χ0v) is 8.14. The Bertz CT molecular complexity index is 97.0. The van der Waals surface area contributed by atoms with Gasteiger partial charge in [0.1, 0.15) is 0 Å². The van der Waals surface area contributed by atoms with Crippen molar-refractivity contribution in [2.24, 2.45) is 16.8 Å². The molecule has 0 heterocycles. The fourth-order valence-electron chi connectivity index (χ4n) is 1.18. The van der Waals surface area contributed by atoms with Gasteiger partial charge in [-0.05, 0) is 25.0 Å². The second-order valence-corrected chi connectivity index (χ2v) is 3.65. The summed E-state index contributed by atoms with van der Waals surface area (Å²) in [4.78, 5) is 3.93. The lowest BCUT2D eigenvalue weighted by molar-refractivity contribution is 0.422. The summed E-state index contributed by atoms with van der Waals surface area (Å²) in [5.41, 5.74) is 0. The molecule has 66 valence electrons. The normalized spacial score (nSPS) is 13.5. The molecule has 0 aromatic carbocycles. The van der Waals surface area contributed by atoms with Crippen molar-refractivity contribution in [1.82, 2.24) is 0 Å². The molecular formula is C10H21N. The number of hydrogen-bond acceptors (Lipinski definition) is 1.